The lowest BCUT2D eigenvalue weighted by Crippen LogP contribution is -2.24. The second-order valence-corrected chi connectivity index (χ2v) is 6.88. The second kappa shape index (κ2) is 6.58. The summed E-state index contributed by atoms with van der Waals surface area (Å²) in [6.07, 6.45) is 0. The van der Waals surface area contributed by atoms with Gasteiger partial charge in [0.05, 0.1) is 11.5 Å². The van der Waals surface area contributed by atoms with Crippen LogP contribution >= 0.6 is 11.6 Å². The number of hydrogen-bond acceptors (Lipinski definition) is 3. The molecule has 0 aliphatic heterocycles. The Labute approximate surface area is 129 Å². The molecule has 2 N–H and O–H groups in total. The van der Waals surface area contributed by atoms with Crippen LogP contribution in [0.1, 0.15) is 16.7 Å². The molecule has 0 unspecified atom stereocenters. The summed E-state index contributed by atoms with van der Waals surface area (Å²) in [7, 11) is -3.60. The van der Waals surface area contributed by atoms with E-state index in [9.17, 15) is 8.42 Å². The number of aryl methyl sites for hydroxylation is 1. The van der Waals surface area contributed by atoms with Crippen LogP contribution in [0.2, 0.25) is 5.02 Å². The summed E-state index contributed by atoms with van der Waals surface area (Å²) in [5.41, 5.74) is 2.13. The number of sulfonamides is 1. The normalized spacial score (nSPS) is 11.6. The highest BCUT2D eigenvalue weighted by Crippen LogP contribution is 2.19. The van der Waals surface area contributed by atoms with E-state index in [1.54, 1.807) is 43.3 Å². The molecule has 0 fully saturated rings. The molecule has 0 atom stereocenters. The third-order valence-corrected chi connectivity index (χ3v) is 4.86. The highest BCUT2D eigenvalue weighted by atomic mass is 35.5. The molecular formula is C15H16ClNO3S. The van der Waals surface area contributed by atoms with E-state index in [1.165, 1.54) is 6.07 Å². The molecule has 0 aliphatic carbocycles. The monoisotopic (exact) mass is 325 g/mol. The Kier molecular flexibility index (Phi) is 5.00. The van der Waals surface area contributed by atoms with Gasteiger partial charge in [0.2, 0.25) is 10.0 Å². The molecule has 0 saturated carbocycles. The van der Waals surface area contributed by atoms with Crippen LogP contribution in [0.15, 0.2) is 47.4 Å². The van der Waals surface area contributed by atoms with Gasteiger partial charge in [-0.25, -0.2) is 13.1 Å². The Morgan fingerprint density at radius 2 is 1.86 bits per heavy atom. The predicted molar refractivity (Wildman–Crippen MR) is 82.6 cm³/mol. The molecule has 0 spiro atoms. The zero-order valence-electron chi connectivity index (χ0n) is 11.5. The van der Waals surface area contributed by atoms with Gasteiger partial charge in [-0.15, -0.1) is 0 Å². The number of nitrogens with one attached hydrogen (secondary N) is 1. The minimum absolute atomic E-state index is 0.0725. The smallest absolute Gasteiger partial charge is 0.241 e. The van der Waals surface area contributed by atoms with Crippen molar-refractivity contribution in [2.24, 2.45) is 0 Å². The largest absolute Gasteiger partial charge is 0.392 e. The van der Waals surface area contributed by atoms with Crippen LogP contribution < -0.4 is 4.72 Å². The van der Waals surface area contributed by atoms with Crippen molar-refractivity contribution in [2.45, 2.75) is 25.0 Å². The van der Waals surface area contributed by atoms with Crippen LogP contribution in [-0.4, -0.2) is 13.5 Å². The third-order valence-electron chi connectivity index (χ3n) is 3.07. The van der Waals surface area contributed by atoms with Gasteiger partial charge in [-0.3, -0.25) is 0 Å². The van der Waals surface area contributed by atoms with Gasteiger partial charge in [0.15, 0.2) is 0 Å². The van der Waals surface area contributed by atoms with Crippen LogP contribution in [0, 0.1) is 6.92 Å². The number of aliphatic hydroxyl groups is 1. The zero-order valence-corrected chi connectivity index (χ0v) is 13.1. The highest BCUT2D eigenvalue weighted by Gasteiger charge is 2.16. The molecule has 2 aromatic rings. The molecule has 0 saturated heterocycles. The summed E-state index contributed by atoms with van der Waals surface area (Å²) in [4.78, 5) is 0.213. The molecule has 0 heterocycles. The van der Waals surface area contributed by atoms with Gasteiger partial charge in [-0.1, -0.05) is 35.9 Å². The van der Waals surface area contributed by atoms with Gasteiger partial charge in [0.25, 0.3) is 0 Å². The zero-order chi connectivity index (χ0) is 15.5. The van der Waals surface area contributed by atoms with Gasteiger partial charge < -0.3 is 5.11 Å². The van der Waals surface area contributed by atoms with E-state index in [2.05, 4.69) is 4.72 Å². The lowest BCUT2D eigenvalue weighted by atomic mass is 10.1. The number of hydrogen-bond donors (Lipinski definition) is 2. The fraction of sp³-hybridized carbons (Fsp3) is 0.200. The van der Waals surface area contributed by atoms with E-state index in [4.69, 9.17) is 16.7 Å². The van der Waals surface area contributed by atoms with Crippen molar-refractivity contribution in [3.63, 3.8) is 0 Å². The summed E-state index contributed by atoms with van der Waals surface area (Å²) >= 11 is 5.83. The molecule has 0 aliphatic rings. The first kappa shape index (κ1) is 16.0. The maximum absolute atomic E-state index is 12.3. The molecule has 0 aromatic heterocycles. The summed E-state index contributed by atoms with van der Waals surface area (Å²) in [6, 6.07) is 11.8. The van der Waals surface area contributed by atoms with E-state index >= 15 is 0 Å². The average molecular weight is 326 g/mol. The van der Waals surface area contributed by atoms with Crippen molar-refractivity contribution >= 4 is 21.6 Å². The van der Waals surface area contributed by atoms with E-state index in [0.29, 0.717) is 10.6 Å². The van der Waals surface area contributed by atoms with Crippen LogP contribution in [-0.2, 0) is 23.2 Å². The molecule has 2 aromatic carbocycles. The van der Waals surface area contributed by atoms with Gasteiger partial charge in [0, 0.05) is 11.6 Å². The Morgan fingerprint density at radius 1 is 1.14 bits per heavy atom. The summed E-state index contributed by atoms with van der Waals surface area (Å²) < 4.78 is 27.1. The lowest BCUT2D eigenvalue weighted by molar-refractivity contribution is 0.281. The van der Waals surface area contributed by atoms with Crippen LogP contribution in [0.3, 0.4) is 0 Å². The van der Waals surface area contributed by atoms with Crippen molar-refractivity contribution in [3.8, 4) is 0 Å². The van der Waals surface area contributed by atoms with Gasteiger partial charge in [-0.05, 0) is 41.8 Å². The topological polar surface area (TPSA) is 66.4 Å². The third kappa shape index (κ3) is 4.04. The Morgan fingerprint density at radius 3 is 2.52 bits per heavy atom. The van der Waals surface area contributed by atoms with E-state index in [-0.39, 0.29) is 18.0 Å². The number of benzene rings is 2. The minimum Gasteiger partial charge on any atom is -0.392 e. The first-order chi connectivity index (χ1) is 9.92. The molecule has 6 heteroatoms. The predicted octanol–water partition coefficient (Wildman–Crippen LogP) is 2.62. The minimum atomic E-state index is -3.60. The second-order valence-electron chi connectivity index (χ2n) is 4.71. The number of rotatable bonds is 5. The molecule has 0 amide bonds. The first-order valence-corrected chi connectivity index (χ1v) is 8.23. The van der Waals surface area contributed by atoms with E-state index in [0.717, 1.165) is 11.1 Å². The number of aliphatic hydroxyl groups excluding tert-OH is 1. The van der Waals surface area contributed by atoms with Crippen molar-refractivity contribution in [1.29, 1.82) is 0 Å². The van der Waals surface area contributed by atoms with Gasteiger partial charge >= 0.3 is 0 Å². The van der Waals surface area contributed by atoms with Gasteiger partial charge in [-0.2, -0.15) is 0 Å². The maximum atomic E-state index is 12.3. The molecule has 0 bridgehead atoms. The maximum Gasteiger partial charge on any atom is 0.241 e. The van der Waals surface area contributed by atoms with Crippen molar-refractivity contribution in [2.75, 3.05) is 0 Å². The quantitative estimate of drug-likeness (QED) is 0.888. The molecule has 21 heavy (non-hydrogen) atoms. The van der Waals surface area contributed by atoms with Crippen molar-refractivity contribution < 1.29 is 13.5 Å². The molecular weight excluding hydrogens is 310 g/mol. The molecule has 0 radical (unpaired) electrons. The summed E-state index contributed by atoms with van der Waals surface area (Å²) in [6.45, 7) is 1.79. The van der Waals surface area contributed by atoms with Crippen molar-refractivity contribution in [1.82, 2.24) is 4.72 Å². The SMILES string of the molecule is Cc1cc(Cl)ccc1S(=O)(=O)NCc1cccc(CO)c1. The molecule has 112 valence electrons. The molecule has 4 nitrogen and oxygen atoms in total. The van der Waals surface area contributed by atoms with Crippen LogP contribution in [0.5, 0.6) is 0 Å². The summed E-state index contributed by atoms with van der Waals surface area (Å²) in [5, 5.41) is 9.58. The Hall–Kier alpha value is -1.40. The lowest BCUT2D eigenvalue weighted by Gasteiger charge is -2.10. The standard InChI is InChI=1S/C15H16ClNO3S/c1-11-7-14(16)5-6-15(11)21(19,20)17-9-12-3-2-4-13(8-12)10-18/h2-8,17-18H,9-10H2,1H3. The van der Waals surface area contributed by atoms with Crippen LogP contribution in [0.4, 0.5) is 0 Å². The highest BCUT2D eigenvalue weighted by molar-refractivity contribution is 7.89. The fourth-order valence-corrected chi connectivity index (χ4v) is 3.48. The van der Waals surface area contributed by atoms with E-state index in [1.807, 2.05) is 0 Å². The van der Waals surface area contributed by atoms with Crippen LogP contribution in [0.25, 0.3) is 0 Å². The van der Waals surface area contributed by atoms with E-state index < -0.39 is 10.0 Å². The number of halogens is 1. The Bertz CT molecular complexity index is 744. The first-order valence-electron chi connectivity index (χ1n) is 6.37. The summed E-state index contributed by atoms with van der Waals surface area (Å²) in [5.74, 6) is 0. The fourth-order valence-electron chi connectivity index (χ4n) is 2.01. The average Bonchev–Trinajstić information content (AvgIpc) is 2.45. The van der Waals surface area contributed by atoms with Crippen molar-refractivity contribution in [3.05, 3.63) is 64.2 Å². The molecule has 2 rings (SSSR count). The Balaban J connectivity index is 2.17. The van der Waals surface area contributed by atoms with Gasteiger partial charge in [0.1, 0.15) is 0 Å².